The lowest BCUT2D eigenvalue weighted by Gasteiger charge is -2.19. The summed E-state index contributed by atoms with van der Waals surface area (Å²) in [7, 11) is 1.45. The third kappa shape index (κ3) is 7.66. The van der Waals surface area contributed by atoms with Crippen molar-refractivity contribution in [2.45, 2.75) is 25.6 Å². The van der Waals surface area contributed by atoms with E-state index in [4.69, 9.17) is 9.47 Å². The Morgan fingerprint density at radius 1 is 0.909 bits per heavy atom. The summed E-state index contributed by atoms with van der Waals surface area (Å²) in [6.07, 6.45) is 0.189. The molecule has 33 heavy (non-hydrogen) atoms. The molecule has 3 N–H and O–H groups in total. The molecule has 0 aliphatic heterocycles. The minimum absolute atomic E-state index is 0.00129. The fourth-order valence-corrected chi connectivity index (χ4v) is 3.27. The van der Waals surface area contributed by atoms with E-state index in [0.29, 0.717) is 17.9 Å². The number of rotatable bonds is 11. The Morgan fingerprint density at radius 3 is 2.24 bits per heavy atom. The molecule has 3 rings (SSSR count). The topological polar surface area (TPSA) is 96.9 Å². The van der Waals surface area contributed by atoms with Crippen molar-refractivity contribution in [1.82, 2.24) is 10.6 Å². The molecular weight excluding hydrogens is 420 g/mol. The van der Waals surface area contributed by atoms with Crippen molar-refractivity contribution in [3.63, 3.8) is 0 Å². The highest BCUT2D eigenvalue weighted by Crippen LogP contribution is 2.26. The second kappa shape index (κ2) is 12.3. The first-order valence-electron chi connectivity index (χ1n) is 10.7. The minimum atomic E-state index is -0.894. The fraction of sp³-hybridized carbons (Fsp3) is 0.231. The van der Waals surface area contributed by atoms with Crippen LogP contribution in [-0.2, 0) is 33.9 Å². The van der Waals surface area contributed by atoms with Gasteiger partial charge in [-0.25, -0.2) is 4.79 Å². The summed E-state index contributed by atoms with van der Waals surface area (Å²) >= 11 is 0. The van der Waals surface area contributed by atoms with E-state index >= 15 is 0 Å². The number of esters is 1. The molecule has 0 saturated heterocycles. The molecule has 1 atom stereocenters. The predicted molar refractivity (Wildman–Crippen MR) is 125 cm³/mol. The Balaban J connectivity index is 1.63. The quantitative estimate of drug-likeness (QED) is 0.390. The number of phenols is 1. The number of carbonyl (C=O) groups is 2. The second-order valence-corrected chi connectivity index (χ2v) is 7.51. The molecule has 0 fully saturated rings. The molecule has 0 aliphatic carbocycles. The highest BCUT2D eigenvalue weighted by Gasteiger charge is 2.23. The van der Waals surface area contributed by atoms with Crippen LogP contribution in [0, 0.1) is 0 Å². The molecule has 0 aromatic heterocycles. The average Bonchev–Trinajstić information content (AvgIpc) is 2.84. The molecule has 3 aromatic rings. The summed E-state index contributed by atoms with van der Waals surface area (Å²) < 4.78 is 10.6. The summed E-state index contributed by atoms with van der Waals surface area (Å²) in [5.74, 6) is -0.570. The maximum atomic E-state index is 12.8. The van der Waals surface area contributed by atoms with Gasteiger partial charge in [-0.05, 0) is 28.8 Å². The first-order valence-corrected chi connectivity index (χ1v) is 10.7. The van der Waals surface area contributed by atoms with E-state index in [-0.39, 0.29) is 31.2 Å². The van der Waals surface area contributed by atoms with Crippen LogP contribution in [0.5, 0.6) is 11.5 Å². The first kappa shape index (κ1) is 23.8. The number of methoxy groups -OCH3 is 1. The molecule has 0 heterocycles. The monoisotopic (exact) mass is 448 g/mol. The standard InChI is InChI=1S/C26H28N2O5/c1-32-24-15-21(12-13-23(24)29)14-22(26(31)33-18-20-10-6-3-7-11-20)28-25(30)17-27-16-19-8-4-2-5-9-19/h2-13,15,22,27,29H,14,16-18H2,1H3,(H,28,30)/t22-/m1/s1. The van der Waals surface area contributed by atoms with Gasteiger partial charge in [0, 0.05) is 13.0 Å². The van der Waals surface area contributed by atoms with Gasteiger partial charge >= 0.3 is 5.97 Å². The highest BCUT2D eigenvalue weighted by molar-refractivity contribution is 5.85. The van der Waals surface area contributed by atoms with E-state index in [1.807, 2.05) is 60.7 Å². The molecule has 0 radical (unpaired) electrons. The lowest BCUT2D eigenvalue weighted by Crippen LogP contribution is -2.46. The van der Waals surface area contributed by atoms with E-state index in [0.717, 1.165) is 11.1 Å². The van der Waals surface area contributed by atoms with Gasteiger partial charge in [-0.2, -0.15) is 0 Å². The van der Waals surface area contributed by atoms with Gasteiger partial charge in [-0.15, -0.1) is 0 Å². The van der Waals surface area contributed by atoms with E-state index in [9.17, 15) is 14.7 Å². The Bertz CT molecular complexity index is 1040. The third-order valence-corrected chi connectivity index (χ3v) is 4.99. The summed E-state index contributed by atoms with van der Waals surface area (Å²) in [6, 6.07) is 23.0. The molecule has 0 spiro atoms. The summed E-state index contributed by atoms with van der Waals surface area (Å²) in [5, 5.41) is 15.7. The van der Waals surface area contributed by atoms with Crippen molar-refractivity contribution >= 4 is 11.9 Å². The zero-order valence-electron chi connectivity index (χ0n) is 18.5. The van der Waals surface area contributed by atoms with Crippen molar-refractivity contribution in [3.05, 3.63) is 95.6 Å². The minimum Gasteiger partial charge on any atom is -0.504 e. The van der Waals surface area contributed by atoms with Crippen LogP contribution in [-0.4, -0.2) is 36.7 Å². The van der Waals surface area contributed by atoms with Crippen molar-refractivity contribution in [3.8, 4) is 11.5 Å². The molecule has 0 unspecified atom stereocenters. The largest absolute Gasteiger partial charge is 0.504 e. The normalized spacial score (nSPS) is 11.4. The lowest BCUT2D eigenvalue weighted by molar-refractivity contribution is -0.149. The number of aromatic hydroxyl groups is 1. The molecule has 7 heteroatoms. The van der Waals surface area contributed by atoms with Crippen molar-refractivity contribution in [1.29, 1.82) is 0 Å². The van der Waals surface area contributed by atoms with Crippen molar-refractivity contribution in [2.24, 2.45) is 0 Å². The maximum absolute atomic E-state index is 12.8. The lowest BCUT2D eigenvalue weighted by atomic mass is 10.0. The molecule has 0 bridgehead atoms. The average molecular weight is 449 g/mol. The second-order valence-electron chi connectivity index (χ2n) is 7.51. The highest BCUT2D eigenvalue weighted by atomic mass is 16.5. The number of amides is 1. The Labute approximate surface area is 193 Å². The number of ether oxygens (including phenoxy) is 2. The zero-order chi connectivity index (χ0) is 23.5. The van der Waals surface area contributed by atoms with Gasteiger partial charge in [0.25, 0.3) is 0 Å². The van der Waals surface area contributed by atoms with Crippen molar-refractivity contribution in [2.75, 3.05) is 13.7 Å². The fourth-order valence-electron chi connectivity index (χ4n) is 3.27. The van der Waals surface area contributed by atoms with E-state index in [2.05, 4.69) is 10.6 Å². The molecule has 1 amide bonds. The molecule has 3 aromatic carbocycles. The smallest absolute Gasteiger partial charge is 0.329 e. The van der Waals surface area contributed by atoms with E-state index in [1.165, 1.54) is 13.2 Å². The van der Waals surface area contributed by atoms with Crippen LogP contribution in [0.1, 0.15) is 16.7 Å². The van der Waals surface area contributed by atoms with Gasteiger partial charge in [0.2, 0.25) is 5.91 Å². The number of phenolic OH excluding ortho intramolecular Hbond substituents is 1. The van der Waals surface area contributed by atoms with Crippen LogP contribution in [0.3, 0.4) is 0 Å². The summed E-state index contributed by atoms with van der Waals surface area (Å²) in [5.41, 5.74) is 2.62. The van der Waals surface area contributed by atoms with Crippen LogP contribution in [0.4, 0.5) is 0 Å². The molecule has 0 saturated carbocycles. The molecule has 0 aliphatic rings. The van der Waals surface area contributed by atoms with Gasteiger partial charge in [0.05, 0.1) is 13.7 Å². The SMILES string of the molecule is COc1cc(C[C@@H](NC(=O)CNCc2ccccc2)C(=O)OCc2ccccc2)ccc1O. The Morgan fingerprint density at radius 2 is 1.58 bits per heavy atom. The first-order chi connectivity index (χ1) is 16.0. The maximum Gasteiger partial charge on any atom is 0.329 e. The number of nitrogens with one attached hydrogen (secondary N) is 2. The van der Waals surface area contributed by atoms with Crippen molar-refractivity contribution < 1.29 is 24.2 Å². The van der Waals surface area contributed by atoms with Gasteiger partial charge in [0.1, 0.15) is 12.6 Å². The Kier molecular flexibility index (Phi) is 8.85. The van der Waals surface area contributed by atoms with Crippen LogP contribution in [0.2, 0.25) is 0 Å². The summed E-state index contributed by atoms with van der Waals surface area (Å²) in [6.45, 7) is 0.694. The molecular formula is C26H28N2O5. The Hall–Kier alpha value is -3.84. The predicted octanol–water partition coefficient (Wildman–Crippen LogP) is 2.96. The van der Waals surface area contributed by atoms with Gasteiger partial charge in [0.15, 0.2) is 11.5 Å². The van der Waals surface area contributed by atoms with Crippen LogP contribution < -0.4 is 15.4 Å². The van der Waals surface area contributed by atoms with Crippen LogP contribution >= 0.6 is 0 Å². The molecule has 7 nitrogen and oxygen atoms in total. The van der Waals surface area contributed by atoms with Gasteiger partial charge in [-0.3, -0.25) is 4.79 Å². The van der Waals surface area contributed by atoms with E-state index in [1.54, 1.807) is 12.1 Å². The number of carbonyl (C=O) groups excluding carboxylic acids is 2. The number of hydrogen-bond donors (Lipinski definition) is 3. The zero-order valence-corrected chi connectivity index (χ0v) is 18.5. The summed E-state index contributed by atoms with van der Waals surface area (Å²) in [4.78, 5) is 25.4. The van der Waals surface area contributed by atoms with Gasteiger partial charge < -0.3 is 25.2 Å². The number of hydrogen-bond acceptors (Lipinski definition) is 6. The molecule has 172 valence electrons. The third-order valence-electron chi connectivity index (χ3n) is 4.99. The van der Waals surface area contributed by atoms with E-state index < -0.39 is 12.0 Å². The van der Waals surface area contributed by atoms with Crippen LogP contribution in [0.25, 0.3) is 0 Å². The van der Waals surface area contributed by atoms with Crippen LogP contribution in [0.15, 0.2) is 78.9 Å². The number of benzene rings is 3. The van der Waals surface area contributed by atoms with Gasteiger partial charge in [-0.1, -0.05) is 66.7 Å².